The van der Waals surface area contributed by atoms with Crippen molar-refractivity contribution >= 4 is 33.0 Å². The van der Waals surface area contributed by atoms with Crippen LogP contribution in [0, 0.1) is 6.92 Å². The van der Waals surface area contributed by atoms with Gasteiger partial charge in [0.1, 0.15) is 5.75 Å². The van der Waals surface area contributed by atoms with Crippen molar-refractivity contribution in [2.24, 2.45) is 0 Å². The fourth-order valence-electron chi connectivity index (χ4n) is 1.70. The molecule has 0 aliphatic carbocycles. The summed E-state index contributed by atoms with van der Waals surface area (Å²) in [6.45, 7) is 1.99. The van der Waals surface area contributed by atoms with Gasteiger partial charge in [0, 0.05) is 27.6 Å². The van der Waals surface area contributed by atoms with Gasteiger partial charge in [0.15, 0.2) is 0 Å². The van der Waals surface area contributed by atoms with E-state index in [1.54, 1.807) is 7.11 Å². The maximum atomic E-state index is 5.89. The van der Waals surface area contributed by atoms with Gasteiger partial charge in [0.05, 0.1) is 7.11 Å². The molecule has 3 N–H and O–H groups in total. The molecule has 0 radical (unpaired) electrons. The van der Waals surface area contributed by atoms with Gasteiger partial charge in [-0.3, -0.25) is 0 Å². The number of hydrogen-bond acceptors (Lipinski definition) is 3. The highest BCUT2D eigenvalue weighted by atomic mass is 79.9. The summed E-state index contributed by atoms with van der Waals surface area (Å²) in [5.41, 5.74) is 9.65. The maximum absolute atomic E-state index is 5.89. The Hall–Kier alpha value is -1.68. The summed E-state index contributed by atoms with van der Waals surface area (Å²) in [6, 6.07) is 11.7. The minimum absolute atomic E-state index is 0.780. The molecule has 4 heteroatoms. The monoisotopic (exact) mass is 306 g/mol. The number of nitrogens with one attached hydrogen (secondary N) is 1. The zero-order valence-electron chi connectivity index (χ0n) is 10.3. The van der Waals surface area contributed by atoms with E-state index in [1.165, 1.54) is 0 Å². The number of benzene rings is 2. The average Bonchev–Trinajstić information content (AvgIpc) is 2.34. The fourth-order valence-corrected chi connectivity index (χ4v) is 2.17. The van der Waals surface area contributed by atoms with Crippen LogP contribution in [0.1, 0.15) is 5.56 Å². The Balaban J connectivity index is 2.34. The standard InChI is InChI=1S/C14H15BrN2O/c1-9-13(16)4-3-5-14(9)17-11-6-10(15)7-12(8-11)18-2/h3-8,17H,16H2,1-2H3. The minimum Gasteiger partial charge on any atom is -0.497 e. The highest BCUT2D eigenvalue weighted by Crippen LogP contribution is 2.29. The first-order valence-corrected chi connectivity index (χ1v) is 6.36. The molecule has 0 spiro atoms. The molecule has 0 atom stereocenters. The second kappa shape index (κ2) is 5.31. The Morgan fingerprint density at radius 1 is 1.22 bits per heavy atom. The summed E-state index contributed by atoms with van der Waals surface area (Å²) in [6.07, 6.45) is 0. The number of nitrogen functional groups attached to an aromatic ring is 1. The Labute approximate surface area is 115 Å². The van der Waals surface area contributed by atoms with Crippen LogP contribution in [0.5, 0.6) is 5.75 Å². The molecular weight excluding hydrogens is 292 g/mol. The lowest BCUT2D eigenvalue weighted by Gasteiger charge is -2.12. The van der Waals surface area contributed by atoms with Crippen LogP contribution in [-0.4, -0.2) is 7.11 Å². The van der Waals surface area contributed by atoms with Crippen LogP contribution in [0.4, 0.5) is 17.1 Å². The summed E-state index contributed by atoms with van der Waals surface area (Å²) in [7, 11) is 1.65. The van der Waals surface area contributed by atoms with Crippen molar-refractivity contribution < 1.29 is 4.74 Å². The van der Waals surface area contributed by atoms with E-state index in [4.69, 9.17) is 10.5 Å². The third-order valence-corrected chi connectivity index (χ3v) is 3.22. The summed E-state index contributed by atoms with van der Waals surface area (Å²) < 4.78 is 6.20. The highest BCUT2D eigenvalue weighted by Gasteiger charge is 2.04. The third kappa shape index (κ3) is 2.76. The lowest BCUT2D eigenvalue weighted by Crippen LogP contribution is -1.97. The van der Waals surface area contributed by atoms with Gasteiger partial charge in [0.2, 0.25) is 0 Å². The van der Waals surface area contributed by atoms with Crippen molar-refractivity contribution in [1.82, 2.24) is 0 Å². The molecule has 2 aromatic rings. The number of nitrogens with two attached hydrogens (primary N) is 1. The summed E-state index contributed by atoms with van der Waals surface area (Å²) >= 11 is 3.46. The SMILES string of the molecule is COc1cc(Br)cc(Nc2cccc(N)c2C)c1. The van der Waals surface area contributed by atoms with Gasteiger partial charge in [-0.1, -0.05) is 22.0 Å². The minimum atomic E-state index is 0.780. The van der Waals surface area contributed by atoms with Crippen molar-refractivity contribution in [3.8, 4) is 5.75 Å². The van der Waals surface area contributed by atoms with Crippen molar-refractivity contribution in [3.63, 3.8) is 0 Å². The highest BCUT2D eigenvalue weighted by molar-refractivity contribution is 9.10. The molecule has 0 aromatic heterocycles. The van der Waals surface area contributed by atoms with E-state index in [0.29, 0.717) is 0 Å². The zero-order chi connectivity index (χ0) is 13.1. The van der Waals surface area contributed by atoms with Gasteiger partial charge in [-0.25, -0.2) is 0 Å². The second-order valence-corrected chi connectivity index (χ2v) is 4.94. The van der Waals surface area contributed by atoms with Crippen LogP contribution in [0.3, 0.4) is 0 Å². The molecule has 3 nitrogen and oxygen atoms in total. The Kier molecular flexibility index (Phi) is 3.77. The molecule has 94 valence electrons. The molecule has 0 bridgehead atoms. The van der Waals surface area contributed by atoms with E-state index >= 15 is 0 Å². The molecule has 0 unspecified atom stereocenters. The molecule has 0 fully saturated rings. The number of anilines is 3. The maximum Gasteiger partial charge on any atom is 0.122 e. The molecular formula is C14H15BrN2O. The van der Waals surface area contributed by atoms with E-state index in [-0.39, 0.29) is 0 Å². The third-order valence-electron chi connectivity index (χ3n) is 2.76. The predicted octanol–water partition coefficient (Wildman–Crippen LogP) is 4.09. The van der Waals surface area contributed by atoms with Crippen LogP contribution in [0.2, 0.25) is 0 Å². The lowest BCUT2D eigenvalue weighted by molar-refractivity contribution is 0.415. The van der Waals surface area contributed by atoms with E-state index in [0.717, 1.165) is 32.8 Å². The molecule has 0 saturated carbocycles. The summed E-state index contributed by atoms with van der Waals surface area (Å²) in [5, 5.41) is 3.34. The van der Waals surface area contributed by atoms with Crippen molar-refractivity contribution in [2.75, 3.05) is 18.2 Å². The molecule has 18 heavy (non-hydrogen) atoms. The number of hydrogen-bond donors (Lipinski definition) is 2. The van der Waals surface area contributed by atoms with Crippen molar-refractivity contribution in [3.05, 3.63) is 46.4 Å². The first-order chi connectivity index (χ1) is 8.60. The average molecular weight is 307 g/mol. The normalized spacial score (nSPS) is 10.2. The van der Waals surface area contributed by atoms with Gasteiger partial charge in [-0.2, -0.15) is 0 Å². The van der Waals surface area contributed by atoms with Gasteiger partial charge < -0.3 is 15.8 Å². The Morgan fingerprint density at radius 3 is 2.72 bits per heavy atom. The van der Waals surface area contributed by atoms with Gasteiger partial charge in [-0.05, 0) is 36.8 Å². The van der Waals surface area contributed by atoms with E-state index in [9.17, 15) is 0 Å². The van der Waals surface area contributed by atoms with E-state index in [1.807, 2.05) is 43.3 Å². The van der Waals surface area contributed by atoms with Gasteiger partial charge in [-0.15, -0.1) is 0 Å². The predicted molar refractivity (Wildman–Crippen MR) is 79.6 cm³/mol. The molecule has 0 aliphatic heterocycles. The molecule has 2 aromatic carbocycles. The largest absolute Gasteiger partial charge is 0.497 e. The number of ether oxygens (including phenoxy) is 1. The van der Waals surface area contributed by atoms with Crippen LogP contribution in [0.25, 0.3) is 0 Å². The first kappa shape index (κ1) is 12.8. The molecule has 0 amide bonds. The smallest absolute Gasteiger partial charge is 0.122 e. The van der Waals surface area contributed by atoms with Gasteiger partial charge >= 0.3 is 0 Å². The van der Waals surface area contributed by atoms with Crippen LogP contribution in [-0.2, 0) is 0 Å². The molecule has 2 rings (SSSR count). The van der Waals surface area contributed by atoms with Gasteiger partial charge in [0.25, 0.3) is 0 Å². The number of halogens is 1. The zero-order valence-corrected chi connectivity index (χ0v) is 11.9. The van der Waals surface area contributed by atoms with E-state index in [2.05, 4.69) is 21.2 Å². The molecule has 0 aliphatic rings. The van der Waals surface area contributed by atoms with Crippen molar-refractivity contribution in [1.29, 1.82) is 0 Å². The molecule has 0 heterocycles. The molecule has 0 saturated heterocycles. The van der Waals surface area contributed by atoms with Crippen molar-refractivity contribution in [2.45, 2.75) is 6.92 Å². The number of rotatable bonds is 3. The van der Waals surface area contributed by atoms with Crippen LogP contribution in [0.15, 0.2) is 40.9 Å². The summed E-state index contributed by atoms with van der Waals surface area (Å²) in [5.74, 6) is 0.799. The lowest BCUT2D eigenvalue weighted by atomic mass is 10.1. The first-order valence-electron chi connectivity index (χ1n) is 5.57. The quantitative estimate of drug-likeness (QED) is 0.840. The van der Waals surface area contributed by atoms with Crippen LogP contribution >= 0.6 is 15.9 Å². The number of methoxy groups -OCH3 is 1. The fraction of sp³-hybridized carbons (Fsp3) is 0.143. The van der Waals surface area contributed by atoms with Crippen LogP contribution < -0.4 is 15.8 Å². The Bertz CT molecular complexity index is 570. The Morgan fingerprint density at radius 2 is 2.00 bits per heavy atom. The topological polar surface area (TPSA) is 47.3 Å². The van der Waals surface area contributed by atoms with E-state index < -0.39 is 0 Å². The second-order valence-electron chi connectivity index (χ2n) is 4.02. The summed E-state index contributed by atoms with van der Waals surface area (Å²) in [4.78, 5) is 0.